The molecular weight excluding hydrogens is 381 g/mol. The Hall–Kier alpha value is -3.01. The number of benzene rings is 2. The summed E-state index contributed by atoms with van der Waals surface area (Å²) in [6.07, 6.45) is 0. The molecule has 1 N–H and O–H groups in total. The smallest absolute Gasteiger partial charge is 0.340 e. The molecule has 2 rings (SSSR count). The van der Waals surface area contributed by atoms with Crippen molar-refractivity contribution in [3.63, 3.8) is 0 Å². The lowest BCUT2D eigenvalue weighted by molar-refractivity contribution is 0.0601. The van der Waals surface area contributed by atoms with E-state index in [2.05, 4.69) is 9.46 Å². The molecule has 0 saturated heterocycles. The Morgan fingerprint density at radius 3 is 2.07 bits per heavy atom. The molecule has 0 spiro atoms. The van der Waals surface area contributed by atoms with E-state index in [1.54, 1.807) is 0 Å². The number of nitrogens with one attached hydrogen (secondary N) is 1. The van der Waals surface area contributed by atoms with Gasteiger partial charge in [-0.2, -0.15) is 0 Å². The van der Waals surface area contributed by atoms with Crippen molar-refractivity contribution in [3.05, 3.63) is 41.7 Å². The highest BCUT2D eigenvalue weighted by Crippen LogP contribution is 2.35. The Morgan fingerprint density at radius 1 is 0.926 bits per heavy atom. The number of carbonyl (C=O) groups excluding carboxylic acids is 1. The largest absolute Gasteiger partial charge is 0.494 e. The zero-order valence-electron chi connectivity index (χ0n) is 15.0. The highest BCUT2D eigenvalue weighted by Gasteiger charge is 2.23. The third-order valence-electron chi connectivity index (χ3n) is 3.61. The van der Waals surface area contributed by atoms with Gasteiger partial charge in [0.2, 0.25) is 0 Å². The summed E-state index contributed by atoms with van der Waals surface area (Å²) in [6.45, 7) is 0. The summed E-state index contributed by atoms with van der Waals surface area (Å²) in [5.74, 6) is -1.33. The predicted octanol–water partition coefficient (Wildman–Crippen LogP) is 2.44. The van der Waals surface area contributed by atoms with Gasteiger partial charge >= 0.3 is 5.97 Å². The van der Waals surface area contributed by atoms with Gasteiger partial charge in [-0.1, -0.05) is 0 Å². The second-order valence-corrected chi connectivity index (χ2v) is 6.83. The maximum absolute atomic E-state index is 13.6. The van der Waals surface area contributed by atoms with Gasteiger partial charge in [-0.3, -0.25) is 4.72 Å². The fourth-order valence-electron chi connectivity index (χ4n) is 2.25. The van der Waals surface area contributed by atoms with Gasteiger partial charge in [0.15, 0.2) is 23.1 Å². The first-order chi connectivity index (χ1) is 12.8. The molecule has 0 saturated carbocycles. The van der Waals surface area contributed by atoms with Crippen LogP contribution in [0.1, 0.15) is 10.4 Å². The van der Waals surface area contributed by atoms with Crippen molar-refractivity contribution in [1.29, 1.82) is 0 Å². The van der Waals surface area contributed by atoms with E-state index in [1.165, 1.54) is 33.5 Å². The number of esters is 1. The summed E-state index contributed by atoms with van der Waals surface area (Å²) in [5, 5.41) is 0. The molecule has 0 bridgehead atoms. The summed E-state index contributed by atoms with van der Waals surface area (Å²) in [7, 11) is 0.925. The average molecular weight is 399 g/mol. The highest BCUT2D eigenvalue weighted by atomic mass is 32.2. The second-order valence-electron chi connectivity index (χ2n) is 5.15. The number of anilines is 1. The van der Waals surface area contributed by atoms with Gasteiger partial charge in [-0.25, -0.2) is 17.6 Å². The van der Waals surface area contributed by atoms with Crippen LogP contribution in [0.25, 0.3) is 0 Å². The van der Waals surface area contributed by atoms with Gasteiger partial charge in [-0.15, -0.1) is 0 Å². The van der Waals surface area contributed by atoms with Crippen LogP contribution in [0.2, 0.25) is 0 Å². The fourth-order valence-corrected chi connectivity index (χ4v) is 3.34. The molecule has 0 heterocycles. The highest BCUT2D eigenvalue weighted by molar-refractivity contribution is 7.92. The normalized spacial score (nSPS) is 10.9. The molecule has 0 fully saturated rings. The summed E-state index contributed by atoms with van der Waals surface area (Å²) in [6, 6.07) is 5.62. The van der Waals surface area contributed by atoms with Crippen molar-refractivity contribution in [1.82, 2.24) is 0 Å². The van der Waals surface area contributed by atoms with E-state index in [1.807, 2.05) is 0 Å². The van der Waals surface area contributed by atoms with Crippen LogP contribution in [-0.4, -0.2) is 42.8 Å². The maximum atomic E-state index is 13.6. The summed E-state index contributed by atoms with van der Waals surface area (Å²) < 4.78 is 60.9. The van der Waals surface area contributed by atoms with Gasteiger partial charge in [0.05, 0.1) is 44.6 Å². The molecule has 2 aromatic carbocycles. The van der Waals surface area contributed by atoms with Crippen molar-refractivity contribution in [2.24, 2.45) is 0 Å². The number of methoxy groups -OCH3 is 4. The summed E-state index contributed by atoms with van der Waals surface area (Å²) >= 11 is 0. The Labute approximate surface area is 155 Å². The van der Waals surface area contributed by atoms with E-state index < -0.39 is 21.8 Å². The standard InChI is InChI=1S/C17H18FNO7S/c1-23-14-7-10(5-6-12(14)18)27(21,22)19-13-9-16(25-3)15(24-2)8-11(13)17(20)26-4/h5-9,19H,1-4H3. The Kier molecular flexibility index (Phi) is 6.11. The number of sulfonamides is 1. The molecule has 27 heavy (non-hydrogen) atoms. The molecule has 0 unspecified atom stereocenters. The fraction of sp³-hybridized carbons (Fsp3) is 0.235. The minimum atomic E-state index is -4.17. The van der Waals surface area contributed by atoms with Crippen LogP contribution in [0.15, 0.2) is 35.2 Å². The van der Waals surface area contributed by atoms with Crippen LogP contribution in [0.5, 0.6) is 17.2 Å². The molecule has 10 heteroatoms. The zero-order valence-corrected chi connectivity index (χ0v) is 15.8. The van der Waals surface area contributed by atoms with Gasteiger partial charge in [0, 0.05) is 18.2 Å². The quantitative estimate of drug-likeness (QED) is 0.714. The second kappa shape index (κ2) is 8.12. The van der Waals surface area contributed by atoms with E-state index in [0.29, 0.717) is 0 Å². The van der Waals surface area contributed by atoms with Crippen molar-refractivity contribution in [3.8, 4) is 17.2 Å². The lowest BCUT2D eigenvalue weighted by atomic mass is 10.1. The predicted molar refractivity (Wildman–Crippen MR) is 94.6 cm³/mol. The van der Waals surface area contributed by atoms with Crippen molar-refractivity contribution < 1.29 is 36.6 Å². The first-order valence-corrected chi connectivity index (χ1v) is 8.96. The van der Waals surface area contributed by atoms with Gasteiger partial charge in [0.25, 0.3) is 10.0 Å². The van der Waals surface area contributed by atoms with Gasteiger partial charge in [0.1, 0.15) is 0 Å². The topological polar surface area (TPSA) is 100 Å². The number of halogens is 1. The number of ether oxygens (including phenoxy) is 4. The van der Waals surface area contributed by atoms with E-state index in [-0.39, 0.29) is 33.4 Å². The minimum absolute atomic E-state index is 0.0900. The monoisotopic (exact) mass is 399 g/mol. The third-order valence-corrected chi connectivity index (χ3v) is 4.97. The number of rotatable bonds is 7. The van der Waals surface area contributed by atoms with Gasteiger partial charge < -0.3 is 18.9 Å². The number of hydrogen-bond acceptors (Lipinski definition) is 7. The van der Waals surface area contributed by atoms with Crippen LogP contribution in [0.4, 0.5) is 10.1 Å². The number of hydrogen-bond donors (Lipinski definition) is 1. The molecule has 0 aromatic heterocycles. The van der Waals surface area contributed by atoms with E-state index in [0.717, 1.165) is 25.3 Å². The van der Waals surface area contributed by atoms with Crippen molar-refractivity contribution in [2.75, 3.05) is 33.2 Å². The SMILES string of the molecule is COC(=O)c1cc(OC)c(OC)cc1NS(=O)(=O)c1ccc(F)c(OC)c1. The van der Waals surface area contributed by atoms with Crippen LogP contribution in [-0.2, 0) is 14.8 Å². The van der Waals surface area contributed by atoms with Gasteiger partial charge in [-0.05, 0) is 12.1 Å². The van der Waals surface area contributed by atoms with Crippen LogP contribution < -0.4 is 18.9 Å². The molecule has 0 aliphatic heterocycles. The molecule has 146 valence electrons. The first-order valence-electron chi connectivity index (χ1n) is 7.48. The minimum Gasteiger partial charge on any atom is -0.494 e. The molecule has 0 aliphatic carbocycles. The summed E-state index contributed by atoms with van der Waals surface area (Å²) in [5.41, 5.74) is -0.185. The summed E-state index contributed by atoms with van der Waals surface area (Å²) in [4.78, 5) is 11.8. The van der Waals surface area contributed by atoms with Crippen LogP contribution in [0.3, 0.4) is 0 Å². The third kappa shape index (κ3) is 4.22. The Morgan fingerprint density at radius 2 is 1.52 bits per heavy atom. The molecule has 8 nitrogen and oxygen atoms in total. The Bertz CT molecular complexity index is 960. The van der Waals surface area contributed by atoms with E-state index in [9.17, 15) is 17.6 Å². The lowest BCUT2D eigenvalue weighted by Crippen LogP contribution is -2.16. The lowest BCUT2D eigenvalue weighted by Gasteiger charge is -2.16. The molecule has 0 radical (unpaired) electrons. The molecular formula is C17H18FNO7S. The average Bonchev–Trinajstić information content (AvgIpc) is 2.66. The maximum Gasteiger partial charge on any atom is 0.340 e. The zero-order chi connectivity index (χ0) is 20.2. The van der Waals surface area contributed by atoms with Crippen LogP contribution >= 0.6 is 0 Å². The molecule has 0 atom stereocenters. The van der Waals surface area contributed by atoms with Crippen LogP contribution in [0, 0.1) is 5.82 Å². The Balaban J connectivity index is 2.55. The van der Waals surface area contributed by atoms with Crippen molar-refractivity contribution >= 4 is 21.7 Å². The molecule has 0 aliphatic rings. The first kappa shape index (κ1) is 20.3. The van der Waals surface area contributed by atoms with E-state index in [4.69, 9.17) is 14.2 Å². The molecule has 2 aromatic rings. The number of carbonyl (C=O) groups is 1. The molecule has 0 amide bonds. The van der Waals surface area contributed by atoms with Crippen molar-refractivity contribution in [2.45, 2.75) is 4.90 Å². The van der Waals surface area contributed by atoms with E-state index >= 15 is 0 Å².